The second-order valence-corrected chi connectivity index (χ2v) is 4.53. The molecule has 1 aromatic heterocycles. The molecule has 0 radical (unpaired) electrons. The van der Waals surface area contributed by atoms with E-state index in [2.05, 4.69) is 23.4 Å². The lowest BCUT2D eigenvalue weighted by Gasteiger charge is -2.25. The Morgan fingerprint density at radius 3 is 2.87 bits per heavy atom. The Bertz CT molecular complexity index is 313. The van der Waals surface area contributed by atoms with Crippen molar-refractivity contribution < 1.29 is 0 Å². The molecule has 1 saturated carbocycles. The van der Waals surface area contributed by atoms with Crippen LogP contribution in [0.2, 0.25) is 0 Å². The van der Waals surface area contributed by atoms with E-state index >= 15 is 0 Å². The van der Waals surface area contributed by atoms with Crippen molar-refractivity contribution >= 4 is 0 Å². The van der Waals surface area contributed by atoms with E-state index in [4.69, 9.17) is 0 Å². The Balaban J connectivity index is 1.78. The summed E-state index contributed by atoms with van der Waals surface area (Å²) in [6.45, 7) is 4.28. The lowest BCUT2D eigenvalue weighted by molar-refractivity contribution is 0.300. The summed E-state index contributed by atoms with van der Waals surface area (Å²) in [6, 6.07) is 2.20. The molecule has 1 aromatic rings. The Morgan fingerprint density at radius 2 is 2.33 bits per heavy atom. The van der Waals surface area contributed by atoms with E-state index in [-0.39, 0.29) is 0 Å². The molecule has 0 aliphatic heterocycles. The molecular weight excluding hydrogens is 186 g/mol. The van der Waals surface area contributed by atoms with E-state index < -0.39 is 0 Å². The highest BCUT2D eigenvalue weighted by Crippen LogP contribution is 2.25. The molecule has 84 valence electrons. The molecule has 1 aliphatic carbocycles. The van der Waals surface area contributed by atoms with Gasteiger partial charge < -0.3 is 5.32 Å². The SMILES string of the molecule is CCc1cc(CNCC2CCC2)n(C)n1. The van der Waals surface area contributed by atoms with Crippen molar-refractivity contribution in [2.75, 3.05) is 6.54 Å². The molecule has 15 heavy (non-hydrogen) atoms. The van der Waals surface area contributed by atoms with Crippen LogP contribution in [0.15, 0.2) is 6.07 Å². The lowest BCUT2D eigenvalue weighted by atomic mass is 9.85. The summed E-state index contributed by atoms with van der Waals surface area (Å²) in [7, 11) is 2.03. The van der Waals surface area contributed by atoms with Gasteiger partial charge in [-0.15, -0.1) is 0 Å². The van der Waals surface area contributed by atoms with Crippen LogP contribution in [0.3, 0.4) is 0 Å². The number of hydrogen-bond donors (Lipinski definition) is 1. The number of rotatable bonds is 5. The van der Waals surface area contributed by atoms with Crippen molar-refractivity contribution in [3.63, 3.8) is 0 Å². The van der Waals surface area contributed by atoms with Crippen LogP contribution in [0.4, 0.5) is 0 Å². The Morgan fingerprint density at radius 1 is 1.53 bits per heavy atom. The Hall–Kier alpha value is -0.830. The predicted octanol–water partition coefficient (Wildman–Crippen LogP) is 1.87. The summed E-state index contributed by atoms with van der Waals surface area (Å²) < 4.78 is 1.99. The van der Waals surface area contributed by atoms with Gasteiger partial charge in [-0.2, -0.15) is 5.10 Å². The molecule has 1 N–H and O–H groups in total. The highest BCUT2D eigenvalue weighted by molar-refractivity contribution is 5.09. The third-order valence-corrected chi connectivity index (χ3v) is 3.35. The number of aromatic nitrogens is 2. The molecule has 0 unspecified atom stereocenters. The van der Waals surface area contributed by atoms with Gasteiger partial charge in [-0.25, -0.2) is 0 Å². The maximum absolute atomic E-state index is 4.44. The second kappa shape index (κ2) is 4.79. The van der Waals surface area contributed by atoms with Crippen LogP contribution < -0.4 is 5.32 Å². The topological polar surface area (TPSA) is 29.9 Å². The summed E-state index contributed by atoms with van der Waals surface area (Å²) >= 11 is 0. The molecule has 3 heteroatoms. The van der Waals surface area contributed by atoms with Crippen LogP contribution in [0.5, 0.6) is 0 Å². The van der Waals surface area contributed by atoms with Crippen molar-refractivity contribution in [3.05, 3.63) is 17.5 Å². The quantitative estimate of drug-likeness (QED) is 0.799. The average molecular weight is 207 g/mol. The maximum atomic E-state index is 4.44. The van der Waals surface area contributed by atoms with Gasteiger partial charge in [0.1, 0.15) is 0 Å². The van der Waals surface area contributed by atoms with Crippen molar-refractivity contribution in [1.82, 2.24) is 15.1 Å². The van der Waals surface area contributed by atoms with Crippen molar-refractivity contribution in [2.45, 2.75) is 39.2 Å². The summed E-state index contributed by atoms with van der Waals surface area (Å²) in [5.74, 6) is 0.934. The Kier molecular flexibility index (Phi) is 3.41. The van der Waals surface area contributed by atoms with Gasteiger partial charge in [0.2, 0.25) is 0 Å². The first-order valence-electron chi connectivity index (χ1n) is 6.02. The molecule has 0 spiro atoms. The smallest absolute Gasteiger partial charge is 0.0625 e. The van der Waals surface area contributed by atoms with E-state index in [1.54, 1.807) is 0 Å². The van der Waals surface area contributed by atoms with E-state index in [0.29, 0.717) is 0 Å². The van der Waals surface area contributed by atoms with Gasteiger partial charge in [0.05, 0.1) is 11.4 Å². The monoisotopic (exact) mass is 207 g/mol. The number of hydrogen-bond acceptors (Lipinski definition) is 2. The van der Waals surface area contributed by atoms with Gasteiger partial charge in [0.25, 0.3) is 0 Å². The fraction of sp³-hybridized carbons (Fsp3) is 0.750. The van der Waals surface area contributed by atoms with E-state index in [1.165, 1.54) is 37.2 Å². The average Bonchev–Trinajstić information content (AvgIpc) is 2.51. The summed E-state index contributed by atoms with van der Waals surface area (Å²) in [5, 5.41) is 7.96. The van der Waals surface area contributed by atoms with Crippen LogP contribution in [-0.2, 0) is 20.0 Å². The lowest BCUT2D eigenvalue weighted by Crippen LogP contribution is -2.27. The zero-order valence-corrected chi connectivity index (χ0v) is 9.79. The highest BCUT2D eigenvalue weighted by atomic mass is 15.3. The van der Waals surface area contributed by atoms with Gasteiger partial charge in [0, 0.05) is 13.6 Å². The first kappa shape index (κ1) is 10.7. The summed E-state index contributed by atoms with van der Waals surface area (Å²) in [5.41, 5.74) is 2.49. The molecular formula is C12H21N3. The largest absolute Gasteiger partial charge is 0.311 e. The highest BCUT2D eigenvalue weighted by Gasteiger charge is 2.16. The molecule has 1 fully saturated rings. The number of aryl methyl sites for hydroxylation is 2. The second-order valence-electron chi connectivity index (χ2n) is 4.53. The first-order chi connectivity index (χ1) is 7.29. The maximum Gasteiger partial charge on any atom is 0.0625 e. The van der Waals surface area contributed by atoms with Crippen LogP contribution in [0.1, 0.15) is 37.6 Å². The third kappa shape index (κ3) is 2.59. The van der Waals surface area contributed by atoms with Crippen LogP contribution >= 0.6 is 0 Å². The molecule has 2 rings (SSSR count). The standard InChI is InChI=1S/C12H21N3/c1-3-11-7-12(15(2)14-11)9-13-8-10-5-4-6-10/h7,10,13H,3-6,8-9H2,1-2H3. The molecule has 1 aliphatic rings. The zero-order chi connectivity index (χ0) is 10.7. The number of nitrogens with one attached hydrogen (secondary N) is 1. The fourth-order valence-corrected chi connectivity index (χ4v) is 2.01. The molecule has 0 atom stereocenters. The van der Waals surface area contributed by atoms with Crippen molar-refractivity contribution in [3.8, 4) is 0 Å². The van der Waals surface area contributed by atoms with Crippen molar-refractivity contribution in [1.29, 1.82) is 0 Å². The van der Waals surface area contributed by atoms with Crippen LogP contribution in [0.25, 0.3) is 0 Å². The number of nitrogens with zero attached hydrogens (tertiary/aromatic N) is 2. The molecule has 0 amide bonds. The fourth-order valence-electron chi connectivity index (χ4n) is 2.01. The van der Waals surface area contributed by atoms with E-state index in [9.17, 15) is 0 Å². The van der Waals surface area contributed by atoms with Gasteiger partial charge in [0.15, 0.2) is 0 Å². The molecule has 0 aromatic carbocycles. The van der Waals surface area contributed by atoms with Crippen molar-refractivity contribution in [2.24, 2.45) is 13.0 Å². The molecule has 1 heterocycles. The van der Waals surface area contributed by atoms with Crippen LogP contribution in [0, 0.1) is 5.92 Å². The van der Waals surface area contributed by atoms with E-state index in [0.717, 1.165) is 18.9 Å². The minimum Gasteiger partial charge on any atom is -0.311 e. The molecule has 0 saturated heterocycles. The van der Waals surface area contributed by atoms with Crippen LogP contribution in [-0.4, -0.2) is 16.3 Å². The first-order valence-corrected chi connectivity index (χ1v) is 6.02. The summed E-state index contributed by atoms with van der Waals surface area (Å²) in [4.78, 5) is 0. The van der Waals surface area contributed by atoms with Gasteiger partial charge in [-0.05, 0) is 37.8 Å². The molecule has 0 bridgehead atoms. The normalized spacial score (nSPS) is 16.7. The predicted molar refractivity (Wildman–Crippen MR) is 61.6 cm³/mol. The molecule has 3 nitrogen and oxygen atoms in total. The third-order valence-electron chi connectivity index (χ3n) is 3.35. The minimum atomic E-state index is 0.934. The summed E-state index contributed by atoms with van der Waals surface area (Å²) in [6.07, 6.45) is 5.28. The zero-order valence-electron chi connectivity index (χ0n) is 9.79. The van der Waals surface area contributed by atoms with Gasteiger partial charge in [-0.3, -0.25) is 4.68 Å². The minimum absolute atomic E-state index is 0.934. The van der Waals surface area contributed by atoms with Gasteiger partial charge >= 0.3 is 0 Å². The Labute approximate surface area is 91.9 Å². The van der Waals surface area contributed by atoms with Gasteiger partial charge in [-0.1, -0.05) is 13.3 Å². The van der Waals surface area contributed by atoms with E-state index in [1.807, 2.05) is 11.7 Å².